The lowest BCUT2D eigenvalue weighted by atomic mass is 10.1. The minimum absolute atomic E-state index is 0.214. The smallest absolute Gasteiger partial charge is 0.248 e. The highest BCUT2D eigenvalue weighted by molar-refractivity contribution is 5.92. The van der Waals surface area contributed by atoms with Gasteiger partial charge >= 0.3 is 0 Å². The van der Waals surface area contributed by atoms with E-state index in [-0.39, 0.29) is 5.57 Å². The molecule has 1 rings (SSSR count). The van der Waals surface area contributed by atoms with Crippen molar-refractivity contribution in [2.24, 2.45) is 5.73 Å². The number of hydrogen-bond acceptors (Lipinski definition) is 2. The fraction of sp³-hybridized carbons (Fsp3) is 0.100. The minimum atomic E-state index is -0.591. The highest BCUT2D eigenvalue weighted by Gasteiger charge is 2.05. The molecule has 0 unspecified atom stereocenters. The van der Waals surface area contributed by atoms with Gasteiger partial charge in [-0.3, -0.25) is 4.79 Å². The summed E-state index contributed by atoms with van der Waals surface area (Å²) < 4.78 is 0. The van der Waals surface area contributed by atoms with Crippen LogP contribution >= 0.6 is 0 Å². The molecule has 1 aromatic rings. The fourth-order valence-electron chi connectivity index (χ4n) is 1.01. The molecule has 1 amide bonds. The zero-order valence-corrected chi connectivity index (χ0v) is 7.10. The zero-order chi connectivity index (χ0) is 9.68. The molecule has 0 atom stereocenters. The summed E-state index contributed by atoms with van der Waals surface area (Å²) in [7, 11) is 0. The summed E-state index contributed by atoms with van der Waals surface area (Å²) >= 11 is 0. The van der Waals surface area contributed by atoms with Crippen LogP contribution in [0.3, 0.4) is 0 Å². The van der Waals surface area contributed by atoms with E-state index in [1.807, 2.05) is 30.3 Å². The van der Waals surface area contributed by atoms with Gasteiger partial charge in [0, 0.05) is 6.42 Å². The van der Waals surface area contributed by atoms with E-state index in [4.69, 9.17) is 10.8 Å². The van der Waals surface area contributed by atoms with Crippen LogP contribution in [0.25, 0.3) is 0 Å². The van der Waals surface area contributed by atoms with Gasteiger partial charge in [-0.25, -0.2) is 0 Å². The Kier molecular flexibility index (Phi) is 3.09. The molecule has 0 spiro atoms. The van der Waals surface area contributed by atoms with Gasteiger partial charge in [-0.2, -0.15) is 0 Å². The minimum Gasteiger partial charge on any atom is -0.515 e. The van der Waals surface area contributed by atoms with Crippen molar-refractivity contribution < 1.29 is 9.90 Å². The quantitative estimate of drug-likeness (QED) is 0.537. The van der Waals surface area contributed by atoms with Crippen molar-refractivity contribution in [3.05, 3.63) is 47.7 Å². The molecule has 0 fully saturated rings. The van der Waals surface area contributed by atoms with Gasteiger partial charge in [-0.15, -0.1) is 0 Å². The Morgan fingerprint density at radius 3 is 2.46 bits per heavy atom. The van der Waals surface area contributed by atoms with Crippen LogP contribution in [0.15, 0.2) is 42.2 Å². The molecule has 3 nitrogen and oxygen atoms in total. The molecule has 3 N–H and O–H groups in total. The van der Waals surface area contributed by atoms with Crippen molar-refractivity contribution in [1.29, 1.82) is 0 Å². The topological polar surface area (TPSA) is 63.3 Å². The largest absolute Gasteiger partial charge is 0.515 e. The molecule has 0 aromatic heterocycles. The molecule has 13 heavy (non-hydrogen) atoms. The molecular formula is C10H11NO2. The Morgan fingerprint density at radius 1 is 1.38 bits per heavy atom. The fourth-order valence-corrected chi connectivity index (χ4v) is 1.01. The monoisotopic (exact) mass is 177 g/mol. The highest BCUT2D eigenvalue weighted by Crippen LogP contribution is 2.06. The van der Waals surface area contributed by atoms with E-state index in [0.717, 1.165) is 11.8 Å². The standard InChI is InChI=1S/C10H11NO2/c11-10(13)9(7-12)6-8-4-2-1-3-5-8/h1-5,7,12H,6H2,(H2,11,13). The van der Waals surface area contributed by atoms with Crippen molar-refractivity contribution in [1.82, 2.24) is 0 Å². The Hall–Kier alpha value is -1.77. The average Bonchev–Trinajstić information content (AvgIpc) is 2.15. The SMILES string of the molecule is NC(=O)C(=CO)Cc1ccccc1. The predicted molar refractivity (Wildman–Crippen MR) is 50.1 cm³/mol. The molecule has 0 radical (unpaired) electrons. The van der Waals surface area contributed by atoms with Crippen LogP contribution in [0, 0.1) is 0 Å². The normalized spacial score (nSPS) is 11.2. The number of rotatable bonds is 3. The lowest BCUT2D eigenvalue weighted by Gasteiger charge is -2.00. The van der Waals surface area contributed by atoms with E-state index < -0.39 is 5.91 Å². The van der Waals surface area contributed by atoms with Crippen LogP contribution in [-0.2, 0) is 11.2 Å². The maximum absolute atomic E-state index is 10.7. The summed E-state index contributed by atoms with van der Waals surface area (Å²) in [5, 5.41) is 8.69. The van der Waals surface area contributed by atoms with Gasteiger partial charge in [0.1, 0.15) is 0 Å². The summed E-state index contributed by atoms with van der Waals surface area (Å²) in [4.78, 5) is 10.7. The molecule has 0 aliphatic rings. The lowest BCUT2D eigenvalue weighted by molar-refractivity contribution is -0.114. The van der Waals surface area contributed by atoms with Gasteiger partial charge in [-0.1, -0.05) is 30.3 Å². The molecule has 0 bridgehead atoms. The second-order valence-electron chi connectivity index (χ2n) is 2.68. The summed E-state index contributed by atoms with van der Waals surface area (Å²) in [6.07, 6.45) is 1.13. The lowest BCUT2D eigenvalue weighted by Crippen LogP contribution is -2.15. The maximum Gasteiger partial charge on any atom is 0.248 e. The van der Waals surface area contributed by atoms with Crippen molar-refractivity contribution in [3.8, 4) is 0 Å². The van der Waals surface area contributed by atoms with Gasteiger partial charge in [0.25, 0.3) is 0 Å². The van der Waals surface area contributed by atoms with Gasteiger partial charge in [0.05, 0.1) is 11.8 Å². The molecule has 1 aromatic carbocycles. The first-order chi connectivity index (χ1) is 6.24. The van der Waals surface area contributed by atoms with E-state index >= 15 is 0 Å². The van der Waals surface area contributed by atoms with Crippen LogP contribution in [0.4, 0.5) is 0 Å². The first-order valence-electron chi connectivity index (χ1n) is 3.91. The molecule has 0 saturated heterocycles. The third-order valence-electron chi connectivity index (χ3n) is 1.71. The van der Waals surface area contributed by atoms with Crippen LogP contribution in [0.5, 0.6) is 0 Å². The number of hydrogen-bond donors (Lipinski definition) is 2. The summed E-state index contributed by atoms with van der Waals surface area (Å²) in [6.45, 7) is 0. The average molecular weight is 177 g/mol. The second kappa shape index (κ2) is 4.30. The van der Waals surface area contributed by atoms with Gasteiger partial charge < -0.3 is 10.8 Å². The molecular weight excluding hydrogens is 166 g/mol. The van der Waals surface area contributed by atoms with E-state index in [1.54, 1.807) is 0 Å². The van der Waals surface area contributed by atoms with Gasteiger partial charge in [-0.05, 0) is 5.56 Å². The van der Waals surface area contributed by atoms with Crippen LogP contribution in [0.1, 0.15) is 5.56 Å². The number of carbonyl (C=O) groups is 1. The number of nitrogens with two attached hydrogens (primary N) is 1. The van der Waals surface area contributed by atoms with Crippen LogP contribution in [-0.4, -0.2) is 11.0 Å². The third-order valence-corrected chi connectivity index (χ3v) is 1.71. The van der Waals surface area contributed by atoms with Crippen LogP contribution in [0.2, 0.25) is 0 Å². The zero-order valence-electron chi connectivity index (χ0n) is 7.10. The molecule has 0 heterocycles. The Labute approximate surface area is 76.5 Å². The number of benzene rings is 1. The number of carbonyl (C=O) groups excluding carboxylic acids is 1. The summed E-state index contributed by atoms with van der Waals surface area (Å²) in [6, 6.07) is 9.35. The van der Waals surface area contributed by atoms with E-state index in [1.165, 1.54) is 0 Å². The predicted octanol–water partition coefficient (Wildman–Crippen LogP) is 1.16. The highest BCUT2D eigenvalue weighted by atomic mass is 16.2. The first-order valence-corrected chi connectivity index (χ1v) is 3.91. The van der Waals surface area contributed by atoms with Gasteiger partial charge in [0.2, 0.25) is 5.91 Å². The number of aliphatic hydroxyl groups is 1. The molecule has 0 aliphatic carbocycles. The number of aliphatic hydroxyl groups excluding tert-OH is 1. The van der Waals surface area contributed by atoms with Crippen LogP contribution < -0.4 is 5.73 Å². The third kappa shape index (κ3) is 2.63. The summed E-state index contributed by atoms with van der Waals surface area (Å²) in [5.74, 6) is -0.591. The molecule has 0 aliphatic heterocycles. The van der Waals surface area contributed by atoms with Crippen molar-refractivity contribution in [2.45, 2.75) is 6.42 Å². The maximum atomic E-state index is 10.7. The Bertz CT molecular complexity index is 317. The Balaban J connectivity index is 2.74. The second-order valence-corrected chi connectivity index (χ2v) is 2.68. The number of primary amides is 1. The van der Waals surface area contributed by atoms with Crippen molar-refractivity contribution >= 4 is 5.91 Å². The Morgan fingerprint density at radius 2 is 2.00 bits per heavy atom. The van der Waals surface area contributed by atoms with E-state index in [2.05, 4.69) is 0 Å². The number of amides is 1. The van der Waals surface area contributed by atoms with E-state index in [0.29, 0.717) is 6.42 Å². The van der Waals surface area contributed by atoms with Crippen molar-refractivity contribution in [2.75, 3.05) is 0 Å². The molecule has 3 heteroatoms. The summed E-state index contributed by atoms with van der Waals surface area (Å²) in [5.41, 5.74) is 6.19. The van der Waals surface area contributed by atoms with Crippen molar-refractivity contribution in [3.63, 3.8) is 0 Å². The van der Waals surface area contributed by atoms with Gasteiger partial charge in [0.15, 0.2) is 0 Å². The first kappa shape index (κ1) is 9.32. The van der Waals surface area contributed by atoms with E-state index in [9.17, 15) is 4.79 Å². The molecule has 68 valence electrons. The molecule has 0 saturated carbocycles.